The fraction of sp³-hybridized carbons (Fsp3) is 0.500. The van der Waals surface area contributed by atoms with Crippen LogP contribution in [0.4, 0.5) is 5.82 Å². The first-order valence-corrected chi connectivity index (χ1v) is 8.70. The molecule has 0 aliphatic heterocycles. The number of methoxy groups -OCH3 is 1. The first-order chi connectivity index (χ1) is 11.5. The molecule has 128 valence electrons. The van der Waals surface area contributed by atoms with Crippen LogP contribution in [0.5, 0.6) is 0 Å². The van der Waals surface area contributed by atoms with E-state index in [4.69, 9.17) is 9.72 Å². The highest BCUT2D eigenvalue weighted by molar-refractivity contribution is 7.09. The van der Waals surface area contributed by atoms with E-state index >= 15 is 0 Å². The van der Waals surface area contributed by atoms with Crippen molar-refractivity contribution in [2.45, 2.75) is 32.9 Å². The number of rotatable bonds is 6. The SMILES string of the molecule is COCc1nc(N(C)Cc2csc(C(C)C)n2)c2cnn(C)c2n1. The summed E-state index contributed by atoms with van der Waals surface area (Å²) in [6.45, 7) is 5.38. The summed E-state index contributed by atoms with van der Waals surface area (Å²) >= 11 is 1.71. The van der Waals surface area contributed by atoms with E-state index in [1.165, 1.54) is 0 Å². The highest BCUT2D eigenvalue weighted by Crippen LogP contribution is 2.25. The monoisotopic (exact) mass is 346 g/mol. The van der Waals surface area contributed by atoms with Gasteiger partial charge in [-0.05, 0) is 0 Å². The number of anilines is 1. The highest BCUT2D eigenvalue weighted by atomic mass is 32.1. The summed E-state index contributed by atoms with van der Waals surface area (Å²) in [5, 5.41) is 8.51. The third kappa shape index (κ3) is 3.25. The molecule has 0 aliphatic carbocycles. The lowest BCUT2D eigenvalue weighted by Gasteiger charge is -2.18. The smallest absolute Gasteiger partial charge is 0.163 e. The van der Waals surface area contributed by atoms with Crippen molar-refractivity contribution >= 4 is 28.2 Å². The zero-order valence-corrected chi connectivity index (χ0v) is 15.5. The molecule has 0 saturated carbocycles. The van der Waals surface area contributed by atoms with Crippen LogP contribution in [0.25, 0.3) is 11.0 Å². The summed E-state index contributed by atoms with van der Waals surface area (Å²) in [5.74, 6) is 1.95. The van der Waals surface area contributed by atoms with Crippen molar-refractivity contribution in [3.05, 3.63) is 28.1 Å². The fourth-order valence-corrected chi connectivity index (χ4v) is 3.34. The Labute approximate surface area is 145 Å². The molecule has 0 radical (unpaired) electrons. The summed E-state index contributed by atoms with van der Waals surface area (Å²) in [5.41, 5.74) is 1.86. The Kier molecular flexibility index (Phi) is 4.77. The second kappa shape index (κ2) is 6.82. The maximum atomic E-state index is 5.19. The molecule has 0 aromatic carbocycles. The molecule has 0 unspecified atom stereocenters. The Balaban J connectivity index is 1.94. The lowest BCUT2D eigenvalue weighted by molar-refractivity contribution is 0.178. The first kappa shape index (κ1) is 16.8. The van der Waals surface area contributed by atoms with Gasteiger partial charge in [0.15, 0.2) is 11.5 Å². The van der Waals surface area contributed by atoms with Crippen LogP contribution in [0.2, 0.25) is 0 Å². The minimum absolute atomic E-state index is 0.371. The van der Waals surface area contributed by atoms with E-state index in [0.717, 1.165) is 27.6 Å². The van der Waals surface area contributed by atoms with Crippen molar-refractivity contribution in [3.8, 4) is 0 Å². The molecule has 3 rings (SSSR count). The Morgan fingerprint density at radius 1 is 1.29 bits per heavy atom. The molecule has 0 aliphatic rings. The summed E-state index contributed by atoms with van der Waals surface area (Å²) in [6, 6.07) is 0. The van der Waals surface area contributed by atoms with Crippen molar-refractivity contribution in [1.29, 1.82) is 0 Å². The molecule has 0 saturated heterocycles. The third-order valence-electron chi connectivity index (χ3n) is 3.72. The number of aromatic nitrogens is 5. The van der Waals surface area contributed by atoms with E-state index in [2.05, 4.69) is 39.2 Å². The molecule has 3 heterocycles. The molecule has 0 amide bonds. The van der Waals surface area contributed by atoms with Crippen molar-refractivity contribution in [3.63, 3.8) is 0 Å². The van der Waals surface area contributed by atoms with Crippen LogP contribution >= 0.6 is 11.3 Å². The maximum Gasteiger partial charge on any atom is 0.163 e. The van der Waals surface area contributed by atoms with Crippen molar-refractivity contribution < 1.29 is 4.74 Å². The zero-order valence-electron chi connectivity index (χ0n) is 14.6. The quantitative estimate of drug-likeness (QED) is 0.683. The second-order valence-corrected chi connectivity index (χ2v) is 6.98. The minimum atomic E-state index is 0.371. The van der Waals surface area contributed by atoms with Gasteiger partial charge in [0.05, 0.1) is 28.8 Å². The number of nitrogens with zero attached hydrogens (tertiary/aromatic N) is 6. The number of thiazole rings is 1. The van der Waals surface area contributed by atoms with Gasteiger partial charge in [-0.2, -0.15) is 5.10 Å². The van der Waals surface area contributed by atoms with Gasteiger partial charge in [0.1, 0.15) is 12.4 Å². The molecule has 7 nitrogen and oxygen atoms in total. The molecule has 0 bridgehead atoms. The predicted molar refractivity (Wildman–Crippen MR) is 95.3 cm³/mol. The largest absolute Gasteiger partial charge is 0.377 e. The van der Waals surface area contributed by atoms with E-state index in [-0.39, 0.29) is 0 Å². The van der Waals surface area contributed by atoms with Gasteiger partial charge in [-0.15, -0.1) is 11.3 Å². The number of ether oxygens (including phenoxy) is 1. The second-order valence-electron chi connectivity index (χ2n) is 6.09. The summed E-state index contributed by atoms with van der Waals surface area (Å²) in [4.78, 5) is 16.0. The molecule has 3 aromatic rings. The van der Waals surface area contributed by atoms with Crippen LogP contribution in [-0.4, -0.2) is 38.9 Å². The van der Waals surface area contributed by atoms with Crippen LogP contribution in [-0.2, 0) is 24.9 Å². The number of fused-ring (bicyclic) bond motifs is 1. The number of hydrogen-bond donors (Lipinski definition) is 0. The van der Waals surface area contributed by atoms with Crippen LogP contribution in [0, 0.1) is 0 Å². The van der Waals surface area contributed by atoms with Gasteiger partial charge >= 0.3 is 0 Å². The molecular weight excluding hydrogens is 324 g/mol. The standard InChI is InChI=1S/C16H22N6OS/c1-10(2)16-18-11(9-24-16)7-21(3)14-12-6-17-22(4)15(12)20-13(19-14)8-23-5/h6,9-10H,7-8H2,1-5H3. The van der Waals surface area contributed by atoms with Crippen molar-refractivity contribution in [2.75, 3.05) is 19.1 Å². The number of aryl methyl sites for hydroxylation is 1. The van der Waals surface area contributed by atoms with Crippen LogP contribution in [0.1, 0.15) is 36.3 Å². The van der Waals surface area contributed by atoms with Gasteiger partial charge in [-0.3, -0.25) is 4.68 Å². The molecule has 0 fully saturated rings. The van der Waals surface area contributed by atoms with Gasteiger partial charge in [-0.1, -0.05) is 13.8 Å². The normalized spacial score (nSPS) is 11.6. The van der Waals surface area contributed by atoms with Gasteiger partial charge in [0, 0.05) is 32.5 Å². The Morgan fingerprint density at radius 2 is 2.08 bits per heavy atom. The molecular formula is C16H22N6OS. The van der Waals surface area contributed by atoms with Crippen molar-refractivity contribution in [2.24, 2.45) is 7.05 Å². The molecule has 0 spiro atoms. The van der Waals surface area contributed by atoms with Crippen LogP contribution in [0.3, 0.4) is 0 Å². The molecule has 0 atom stereocenters. The predicted octanol–water partition coefficient (Wildman–Crippen LogP) is 2.73. The molecule has 3 aromatic heterocycles. The summed E-state index contributed by atoms with van der Waals surface area (Å²) in [7, 11) is 5.54. The Hall–Kier alpha value is -2.06. The van der Waals surface area contributed by atoms with E-state index in [0.29, 0.717) is 24.9 Å². The Bertz CT molecular complexity index is 840. The summed E-state index contributed by atoms with van der Waals surface area (Å²) in [6.07, 6.45) is 1.80. The zero-order chi connectivity index (χ0) is 17.3. The lowest BCUT2D eigenvalue weighted by atomic mass is 10.2. The average molecular weight is 346 g/mol. The average Bonchev–Trinajstić information content (AvgIpc) is 3.15. The Morgan fingerprint density at radius 3 is 2.75 bits per heavy atom. The van der Waals surface area contributed by atoms with E-state index in [1.807, 2.05) is 14.1 Å². The van der Waals surface area contributed by atoms with Gasteiger partial charge in [0.25, 0.3) is 0 Å². The maximum absolute atomic E-state index is 5.19. The van der Waals surface area contributed by atoms with Gasteiger partial charge in [-0.25, -0.2) is 15.0 Å². The minimum Gasteiger partial charge on any atom is -0.377 e. The van der Waals surface area contributed by atoms with Crippen molar-refractivity contribution in [1.82, 2.24) is 24.7 Å². The fourth-order valence-electron chi connectivity index (χ4n) is 2.51. The van der Waals surface area contributed by atoms with E-state index in [9.17, 15) is 0 Å². The van der Waals surface area contributed by atoms with Crippen LogP contribution < -0.4 is 4.90 Å². The molecule has 8 heteroatoms. The van der Waals surface area contributed by atoms with Gasteiger partial charge < -0.3 is 9.64 Å². The molecule has 0 N–H and O–H groups in total. The van der Waals surface area contributed by atoms with Gasteiger partial charge in [0.2, 0.25) is 0 Å². The summed E-state index contributed by atoms with van der Waals surface area (Å²) < 4.78 is 6.95. The highest BCUT2D eigenvalue weighted by Gasteiger charge is 2.16. The van der Waals surface area contributed by atoms with E-state index in [1.54, 1.807) is 29.3 Å². The third-order valence-corrected chi connectivity index (χ3v) is 4.91. The lowest BCUT2D eigenvalue weighted by Crippen LogP contribution is -2.19. The van der Waals surface area contributed by atoms with Crippen LogP contribution in [0.15, 0.2) is 11.6 Å². The molecule has 24 heavy (non-hydrogen) atoms. The topological polar surface area (TPSA) is 69.0 Å². The van der Waals surface area contributed by atoms with E-state index < -0.39 is 0 Å². The first-order valence-electron chi connectivity index (χ1n) is 7.82. The number of hydrogen-bond acceptors (Lipinski definition) is 7.